The van der Waals surface area contributed by atoms with Gasteiger partial charge in [0.2, 0.25) is 0 Å². The van der Waals surface area contributed by atoms with Crippen molar-refractivity contribution in [1.82, 2.24) is 0 Å². The van der Waals surface area contributed by atoms with Crippen molar-refractivity contribution in [2.45, 2.75) is 6.61 Å². The first-order valence-electron chi connectivity index (χ1n) is 6.77. The van der Waals surface area contributed by atoms with Crippen LogP contribution in [0.2, 0.25) is 0 Å². The first-order valence-corrected chi connectivity index (χ1v) is 6.77. The molecule has 0 aliphatic rings. The lowest BCUT2D eigenvalue weighted by Crippen LogP contribution is -2.17. The molecule has 0 bridgehead atoms. The van der Waals surface area contributed by atoms with Crippen LogP contribution >= 0.6 is 0 Å². The van der Waals surface area contributed by atoms with Gasteiger partial charge in [0, 0.05) is 17.7 Å². The Hall–Kier alpha value is -3.10. The number of rotatable bonds is 4. The predicted octanol–water partition coefficient (Wildman–Crippen LogP) is 3.78. The molecule has 0 heterocycles. The first-order chi connectivity index (χ1) is 11.8. The highest BCUT2D eigenvalue weighted by atomic mass is 19.2. The van der Waals surface area contributed by atoms with Crippen molar-refractivity contribution in [3.8, 4) is 0 Å². The van der Waals surface area contributed by atoms with Gasteiger partial charge in [-0.15, -0.1) is 0 Å². The summed E-state index contributed by atoms with van der Waals surface area (Å²) in [5.74, 6) is -5.36. The van der Waals surface area contributed by atoms with E-state index in [0.717, 1.165) is 19.2 Å². The zero-order valence-electron chi connectivity index (χ0n) is 12.7. The molecule has 0 fully saturated rings. The molecule has 1 N–H and O–H groups in total. The van der Waals surface area contributed by atoms with Crippen LogP contribution in [0.3, 0.4) is 0 Å². The molecule has 25 heavy (non-hydrogen) atoms. The van der Waals surface area contributed by atoms with Gasteiger partial charge in [-0.1, -0.05) is 0 Å². The average molecular weight is 357 g/mol. The largest absolute Gasteiger partial charge is 0.465 e. The molecule has 0 saturated carbocycles. The highest BCUT2D eigenvalue weighted by molar-refractivity contribution is 5.99. The number of anilines is 1. The monoisotopic (exact) mass is 357 g/mol. The summed E-state index contributed by atoms with van der Waals surface area (Å²) in [6, 6.07) is 3.79. The number of hydrogen-bond acceptors (Lipinski definition) is 4. The van der Waals surface area contributed by atoms with Crippen LogP contribution < -0.4 is 5.32 Å². The maximum atomic E-state index is 13.4. The summed E-state index contributed by atoms with van der Waals surface area (Å²) >= 11 is 0. The van der Waals surface area contributed by atoms with Crippen molar-refractivity contribution < 1.29 is 36.6 Å². The van der Waals surface area contributed by atoms with E-state index in [-0.39, 0.29) is 5.56 Å². The number of hydrogen-bond donors (Lipinski definition) is 1. The second kappa shape index (κ2) is 7.65. The van der Waals surface area contributed by atoms with E-state index in [4.69, 9.17) is 4.74 Å². The zero-order valence-corrected chi connectivity index (χ0v) is 12.7. The van der Waals surface area contributed by atoms with Crippen LogP contribution in [0.1, 0.15) is 15.9 Å². The minimum Gasteiger partial charge on any atom is -0.465 e. The Bertz CT molecular complexity index is 826. The van der Waals surface area contributed by atoms with Crippen LogP contribution in [0.4, 0.5) is 28.0 Å². The van der Waals surface area contributed by atoms with Gasteiger partial charge in [-0.3, -0.25) is 5.32 Å². The third-order valence-corrected chi connectivity index (χ3v) is 3.08. The van der Waals surface area contributed by atoms with E-state index in [0.29, 0.717) is 18.2 Å². The molecule has 0 radical (unpaired) electrons. The fraction of sp³-hybridized carbons (Fsp3) is 0.125. The summed E-state index contributed by atoms with van der Waals surface area (Å²) in [6.45, 7) is -0.546. The van der Waals surface area contributed by atoms with Crippen molar-refractivity contribution in [2.24, 2.45) is 0 Å². The van der Waals surface area contributed by atoms with Gasteiger partial charge in [0.05, 0.1) is 18.4 Å². The number of ether oxygens (including phenoxy) is 2. The number of amides is 1. The Balaban J connectivity index is 2.12. The second-order valence-corrected chi connectivity index (χ2v) is 4.74. The normalized spacial score (nSPS) is 10.3. The summed E-state index contributed by atoms with van der Waals surface area (Å²) in [7, 11) is 1.02. The molecule has 9 heteroatoms. The summed E-state index contributed by atoms with van der Waals surface area (Å²) in [6.07, 6.45) is -1.17. The van der Waals surface area contributed by atoms with E-state index < -0.39 is 53.2 Å². The van der Waals surface area contributed by atoms with E-state index in [1.807, 2.05) is 5.32 Å². The molecule has 1 amide bonds. The summed E-state index contributed by atoms with van der Waals surface area (Å²) in [5, 5.41) is 2.03. The van der Waals surface area contributed by atoms with Crippen molar-refractivity contribution in [3.05, 3.63) is 64.7 Å². The van der Waals surface area contributed by atoms with Crippen LogP contribution in [-0.4, -0.2) is 19.2 Å². The minimum atomic E-state index is -1.31. The first kappa shape index (κ1) is 18.2. The van der Waals surface area contributed by atoms with E-state index in [1.54, 1.807) is 0 Å². The van der Waals surface area contributed by atoms with Crippen molar-refractivity contribution >= 4 is 17.7 Å². The molecular formula is C16H11F4NO4. The van der Waals surface area contributed by atoms with E-state index >= 15 is 0 Å². The molecule has 5 nitrogen and oxygen atoms in total. The Kier molecular flexibility index (Phi) is 5.58. The van der Waals surface area contributed by atoms with Crippen molar-refractivity contribution in [2.75, 3.05) is 12.4 Å². The number of esters is 1. The number of methoxy groups -OCH3 is 1. The van der Waals surface area contributed by atoms with Gasteiger partial charge in [0.15, 0.2) is 11.6 Å². The molecule has 0 saturated heterocycles. The lowest BCUT2D eigenvalue weighted by molar-refractivity contribution is 0.0601. The van der Waals surface area contributed by atoms with Gasteiger partial charge in [-0.05, 0) is 18.2 Å². The Morgan fingerprint density at radius 2 is 1.68 bits per heavy atom. The van der Waals surface area contributed by atoms with Crippen molar-refractivity contribution in [3.63, 3.8) is 0 Å². The summed E-state index contributed by atoms with van der Waals surface area (Å²) < 4.78 is 61.9. The minimum absolute atomic E-state index is 0.102. The Morgan fingerprint density at radius 1 is 1.00 bits per heavy atom. The molecule has 0 atom stereocenters. The number of carbonyl (C=O) groups is 2. The third kappa shape index (κ3) is 4.46. The van der Waals surface area contributed by atoms with Crippen LogP contribution in [0, 0.1) is 23.3 Å². The van der Waals surface area contributed by atoms with Crippen LogP contribution in [0.25, 0.3) is 0 Å². The Labute approximate surface area is 139 Å². The maximum Gasteiger partial charge on any atom is 0.411 e. The molecule has 0 aromatic heterocycles. The lowest BCUT2D eigenvalue weighted by atomic mass is 10.1. The fourth-order valence-corrected chi connectivity index (χ4v) is 1.86. The molecule has 0 aliphatic heterocycles. The molecule has 0 aliphatic carbocycles. The van der Waals surface area contributed by atoms with Gasteiger partial charge in [-0.25, -0.2) is 27.2 Å². The Morgan fingerprint density at radius 3 is 2.32 bits per heavy atom. The average Bonchev–Trinajstić information content (AvgIpc) is 2.56. The molecule has 2 aromatic rings. The number of nitrogens with one attached hydrogen (secondary N) is 1. The number of benzene rings is 2. The second-order valence-electron chi connectivity index (χ2n) is 4.74. The SMILES string of the molecule is COC(=O)c1cc(F)c(F)cc1NC(=O)OCc1ccc(F)cc1F. The molecule has 132 valence electrons. The topological polar surface area (TPSA) is 64.6 Å². The predicted molar refractivity (Wildman–Crippen MR) is 77.9 cm³/mol. The number of carbonyl (C=O) groups excluding carboxylic acids is 2. The summed E-state index contributed by atoms with van der Waals surface area (Å²) in [5.41, 5.74) is -0.934. The van der Waals surface area contributed by atoms with Gasteiger partial charge in [0.1, 0.15) is 18.2 Å². The van der Waals surface area contributed by atoms with E-state index in [2.05, 4.69) is 4.74 Å². The molecular weight excluding hydrogens is 346 g/mol. The van der Waals surface area contributed by atoms with Gasteiger partial charge in [0.25, 0.3) is 0 Å². The fourth-order valence-electron chi connectivity index (χ4n) is 1.86. The zero-order chi connectivity index (χ0) is 18.6. The van der Waals surface area contributed by atoms with Gasteiger partial charge in [-0.2, -0.15) is 0 Å². The highest BCUT2D eigenvalue weighted by Gasteiger charge is 2.19. The molecule has 0 spiro atoms. The number of halogens is 4. The quantitative estimate of drug-likeness (QED) is 0.668. The highest BCUT2D eigenvalue weighted by Crippen LogP contribution is 2.21. The van der Waals surface area contributed by atoms with Crippen LogP contribution in [-0.2, 0) is 16.1 Å². The summed E-state index contributed by atoms with van der Waals surface area (Å²) in [4.78, 5) is 23.3. The van der Waals surface area contributed by atoms with E-state index in [1.165, 1.54) is 0 Å². The molecule has 2 rings (SSSR count). The van der Waals surface area contributed by atoms with Crippen LogP contribution in [0.15, 0.2) is 30.3 Å². The maximum absolute atomic E-state index is 13.4. The standard InChI is InChI=1S/C16H11F4NO4/c1-24-15(22)10-5-12(19)13(20)6-14(10)21-16(23)25-7-8-2-3-9(17)4-11(8)18/h2-6H,7H2,1H3,(H,21,23). The smallest absolute Gasteiger partial charge is 0.411 e. The van der Waals surface area contributed by atoms with Gasteiger partial charge >= 0.3 is 12.1 Å². The van der Waals surface area contributed by atoms with Crippen molar-refractivity contribution in [1.29, 1.82) is 0 Å². The third-order valence-electron chi connectivity index (χ3n) is 3.08. The molecule has 0 unspecified atom stereocenters. The van der Waals surface area contributed by atoms with E-state index in [9.17, 15) is 27.2 Å². The molecule has 2 aromatic carbocycles. The van der Waals surface area contributed by atoms with Crippen LogP contribution in [0.5, 0.6) is 0 Å². The lowest BCUT2D eigenvalue weighted by Gasteiger charge is -2.11. The van der Waals surface area contributed by atoms with Gasteiger partial charge < -0.3 is 9.47 Å².